The minimum atomic E-state index is -0.166. The van der Waals surface area contributed by atoms with E-state index in [1.54, 1.807) is 23.9 Å². The Balaban J connectivity index is 1.67. The first-order chi connectivity index (χ1) is 15.1. The number of carbonyl (C=O) groups is 1. The van der Waals surface area contributed by atoms with E-state index in [4.69, 9.17) is 14.2 Å². The Labute approximate surface area is 187 Å². The third-order valence-corrected chi connectivity index (χ3v) is 5.86. The normalized spacial score (nSPS) is 10.8. The highest BCUT2D eigenvalue weighted by Gasteiger charge is 2.18. The van der Waals surface area contributed by atoms with Gasteiger partial charge in [0.2, 0.25) is 5.75 Å². The zero-order valence-electron chi connectivity index (χ0n) is 18.5. The van der Waals surface area contributed by atoms with Crippen molar-refractivity contribution in [1.82, 2.24) is 10.3 Å². The Kier molecular flexibility index (Phi) is 8.12. The first kappa shape index (κ1) is 22.9. The number of thioether (sulfide) groups is 1. The Morgan fingerprint density at radius 3 is 2.29 bits per heavy atom. The van der Waals surface area contributed by atoms with Gasteiger partial charge in [0, 0.05) is 39.4 Å². The second kappa shape index (κ2) is 11.0. The summed E-state index contributed by atoms with van der Waals surface area (Å²) in [5.41, 5.74) is 2.77. The zero-order chi connectivity index (χ0) is 22.2. The molecule has 0 aliphatic carbocycles. The number of aromatic nitrogens is 1. The third-order valence-electron chi connectivity index (χ3n) is 4.64. The van der Waals surface area contributed by atoms with Crippen molar-refractivity contribution in [2.75, 3.05) is 32.1 Å². The molecule has 0 aliphatic heterocycles. The maximum absolute atomic E-state index is 12.8. The van der Waals surface area contributed by atoms with Crippen LogP contribution in [-0.4, -0.2) is 43.0 Å². The van der Waals surface area contributed by atoms with Gasteiger partial charge in [-0.15, -0.1) is 11.8 Å². The second-order valence-corrected chi connectivity index (χ2v) is 7.93. The van der Waals surface area contributed by atoms with E-state index in [1.165, 1.54) is 10.3 Å². The maximum Gasteiger partial charge on any atom is 0.251 e. The van der Waals surface area contributed by atoms with Gasteiger partial charge in [-0.05, 0) is 45.9 Å². The highest BCUT2D eigenvalue weighted by atomic mass is 32.2. The number of para-hydroxylation sites is 1. The molecule has 2 N–H and O–H groups in total. The Hall–Kier alpha value is -2.80. The first-order valence-corrected chi connectivity index (χ1v) is 11.6. The standard InChI is InChI=1S/C24H30N2O4S/c1-5-28-20-14-17(15-21(29-6-2)22(20)30-7-3)24(27)25-12-13-31-23-16(4)26-19-11-9-8-10-18(19)23/h8-11,14-15,26H,5-7,12-13H2,1-4H3,(H,25,27). The molecule has 0 bridgehead atoms. The van der Waals surface area contributed by atoms with Crippen LogP contribution in [-0.2, 0) is 0 Å². The summed E-state index contributed by atoms with van der Waals surface area (Å²) < 4.78 is 17.1. The molecule has 0 radical (unpaired) electrons. The molecule has 166 valence electrons. The maximum atomic E-state index is 12.8. The van der Waals surface area contributed by atoms with E-state index in [1.807, 2.05) is 32.9 Å². The largest absolute Gasteiger partial charge is 0.490 e. The van der Waals surface area contributed by atoms with Crippen LogP contribution in [0.2, 0.25) is 0 Å². The lowest BCUT2D eigenvalue weighted by atomic mass is 10.1. The molecule has 0 unspecified atom stereocenters. The molecule has 3 aromatic rings. The van der Waals surface area contributed by atoms with E-state index in [2.05, 4.69) is 29.4 Å². The number of rotatable bonds is 11. The van der Waals surface area contributed by atoms with Crippen LogP contribution in [0.3, 0.4) is 0 Å². The summed E-state index contributed by atoms with van der Waals surface area (Å²) in [6.07, 6.45) is 0. The van der Waals surface area contributed by atoms with Gasteiger partial charge in [-0.25, -0.2) is 0 Å². The van der Waals surface area contributed by atoms with E-state index in [0.717, 1.165) is 17.0 Å². The molecule has 0 saturated carbocycles. The minimum absolute atomic E-state index is 0.166. The van der Waals surface area contributed by atoms with Gasteiger partial charge in [0.15, 0.2) is 11.5 Å². The fourth-order valence-electron chi connectivity index (χ4n) is 3.38. The Bertz CT molecular complexity index is 1000. The van der Waals surface area contributed by atoms with Crippen molar-refractivity contribution < 1.29 is 19.0 Å². The number of aryl methyl sites for hydroxylation is 1. The second-order valence-electron chi connectivity index (χ2n) is 6.83. The molecule has 0 aliphatic rings. The van der Waals surface area contributed by atoms with Crippen LogP contribution < -0.4 is 19.5 Å². The zero-order valence-corrected chi connectivity index (χ0v) is 19.4. The van der Waals surface area contributed by atoms with E-state index >= 15 is 0 Å². The fourth-order valence-corrected chi connectivity index (χ4v) is 4.39. The summed E-state index contributed by atoms with van der Waals surface area (Å²) in [6, 6.07) is 11.7. The predicted molar refractivity (Wildman–Crippen MR) is 126 cm³/mol. The summed E-state index contributed by atoms with van der Waals surface area (Å²) in [6.45, 7) is 9.73. The van der Waals surface area contributed by atoms with Crippen LogP contribution >= 0.6 is 11.8 Å². The van der Waals surface area contributed by atoms with Gasteiger partial charge in [0.1, 0.15) is 0 Å². The Morgan fingerprint density at radius 1 is 1.00 bits per heavy atom. The van der Waals surface area contributed by atoms with Crippen molar-refractivity contribution in [1.29, 1.82) is 0 Å². The summed E-state index contributed by atoms with van der Waals surface area (Å²) in [7, 11) is 0. The van der Waals surface area contributed by atoms with Gasteiger partial charge in [0.25, 0.3) is 5.91 Å². The number of aromatic amines is 1. The average Bonchev–Trinajstić information content (AvgIpc) is 3.08. The summed E-state index contributed by atoms with van der Waals surface area (Å²) >= 11 is 1.74. The van der Waals surface area contributed by atoms with Gasteiger partial charge in [0.05, 0.1) is 19.8 Å². The average molecular weight is 443 g/mol. The molecule has 0 saturated heterocycles. The summed E-state index contributed by atoms with van der Waals surface area (Å²) in [5.74, 6) is 2.17. The van der Waals surface area contributed by atoms with Gasteiger partial charge >= 0.3 is 0 Å². The molecule has 3 rings (SSSR count). The lowest BCUT2D eigenvalue weighted by Crippen LogP contribution is -2.26. The van der Waals surface area contributed by atoms with E-state index in [-0.39, 0.29) is 5.91 Å². The van der Waals surface area contributed by atoms with Crippen LogP contribution in [0.1, 0.15) is 36.8 Å². The predicted octanol–water partition coefficient (Wildman–Crippen LogP) is 5.19. The number of benzene rings is 2. The topological polar surface area (TPSA) is 72.6 Å². The van der Waals surface area contributed by atoms with Gasteiger partial charge < -0.3 is 24.5 Å². The van der Waals surface area contributed by atoms with Crippen molar-refractivity contribution >= 4 is 28.6 Å². The van der Waals surface area contributed by atoms with Crippen LogP contribution in [0.4, 0.5) is 0 Å². The third kappa shape index (κ3) is 5.47. The highest BCUT2D eigenvalue weighted by Crippen LogP contribution is 2.39. The van der Waals surface area contributed by atoms with E-state index in [9.17, 15) is 4.79 Å². The minimum Gasteiger partial charge on any atom is -0.490 e. The number of amides is 1. The monoisotopic (exact) mass is 442 g/mol. The Morgan fingerprint density at radius 2 is 1.65 bits per heavy atom. The lowest BCUT2D eigenvalue weighted by molar-refractivity contribution is 0.0955. The number of carbonyl (C=O) groups excluding carboxylic acids is 1. The molecule has 6 nitrogen and oxygen atoms in total. The van der Waals surface area contributed by atoms with Crippen LogP contribution in [0, 0.1) is 6.92 Å². The van der Waals surface area contributed by atoms with Gasteiger partial charge in [-0.1, -0.05) is 18.2 Å². The van der Waals surface area contributed by atoms with Crippen molar-refractivity contribution in [3.63, 3.8) is 0 Å². The molecular weight excluding hydrogens is 412 g/mol. The highest BCUT2D eigenvalue weighted by molar-refractivity contribution is 7.99. The summed E-state index contributed by atoms with van der Waals surface area (Å²) in [4.78, 5) is 17.4. The number of nitrogens with one attached hydrogen (secondary N) is 2. The lowest BCUT2D eigenvalue weighted by Gasteiger charge is -2.17. The van der Waals surface area contributed by atoms with Crippen LogP contribution in [0.5, 0.6) is 17.2 Å². The van der Waals surface area contributed by atoms with E-state index < -0.39 is 0 Å². The van der Waals surface area contributed by atoms with E-state index in [0.29, 0.717) is 49.2 Å². The quantitative estimate of drug-likeness (QED) is 0.316. The first-order valence-electron chi connectivity index (χ1n) is 10.6. The molecule has 31 heavy (non-hydrogen) atoms. The van der Waals surface area contributed by atoms with Crippen molar-refractivity contribution in [2.45, 2.75) is 32.6 Å². The molecule has 1 aromatic heterocycles. The van der Waals surface area contributed by atoms with Gasteiger partial charge in [-0.2, -0.15) is 0 Å². The van der Waals surface area contributed by atoms with Crippen molar-refractivity contribution in [3.05, 3.63) is 47.7 Å². The van der Waals surface area contributed by atoms with Crippen LogP contribution in [0.25, 0.3) is 10.9 Å². The summed E-state index contributed by atoms with van der Waals surface area (Å²) in [5, 5.41) is 4.21. The number of hydrogen-bond acceptors (Lipinski definition) is 5. The number of H-pyrrole nitrogens is 1. The molecule has 1 heterocycles. The van der Waals surface area contributed by atoms with Crippen molar-refractivity contribution in [3.8, 4) is 17.2 Å². The molecule has 1 amide bonds. The SMILES string of the molecule is CCOc1cc(C(=O)NCCSc2c(C)[nH]c3ccccc23)cc(OCC)c1OCC. The number of fused-ring (bicyclic) bond motifs is 1. The fraction of sp³-hybridized carbons (Fsp3) is 0.375. The van der Waals surface area contributed by atoms with Crippen LogP contribution in [0.15, 0.2) is 41.3 Å². The molecule has 0 spiro atoms. The smallest absolute Gasteiger partial charge is 0.251 e. The molecule has 0 atom stereocenters. The molecule has 7 heteroatoms. The molecular formula is C24H30N2O4S. The molecule has 2 aromatic carbocycles. The van der Waals surface area contributed by atoms with Gasteiger partial charge in [-0.3, -0.25) is 4.79 Å². The van der Waals surface area contributed by atoms with Crippen molar-refractivity contribution in [2.24, 2.45) is 0 Å². The molecule has 0 fully saturated rings. The number of ether oxygens (including phenoxy) is 3. The number of hydrogen-bond donors (Lipinski definition) is 2.